The van der Waals surface area contributed by atoms with Crippen molar-refractivity contribution in [1.29, 1.82) is 0 Å². The van der Waals surface area contributed by atoms with Crippen LogP contribution >= 0.6 is 0 Å². The predicted octanol–water partition coefficient (Wildman–Crippen LogP) is 4.76. The highest BCUT2D eigenvalue weighted by Gasteiger charge is 2.27. The molecule has 2 aliphatic rings. The first kappa shape index (κ1) is 16.3. The van der Waals surface area contributed by atoms with Crippen LogP contribution in [-0.4, -0.2) is 19.3 Å². The van der Waals surface area contributed by atoms with Gasteiger partial charge in [0.15, 0.2) is 0 Å². The first-order valence-electron chi connectivity index (χ1n) is 9.58. The van der Waals surface area contributed by atoms with Crippen LogP contribution in [0.5, 0.6) is 0 Å². The van der Waals surface area contributed by atoms with Crippen LogP contribution in [0.1, 0.15) is 35.2 Å². The van der Waals surface area contributed by atoms with Crippen LogP contribution in [0, 0.1) is 0 Å². The molecule has 0 amide bonds. The van der Waals surface area contributed by atoms with Crippen LogP contribution in [0.25, 0.3) is 11.1 Å². The smallest absolute Gasteiger partial charge is 0.0629 e. The standard InChI is InChI=1S/C24H23N3/c1-16-13-18-7-3-6-10-23(18)27(16)26-15-17-11-12-21-22(14-17)19-8-4-5-9-20(19)24(21)25-2/h3-12,14-16,24-25H,13H2,1-2H3/b26-15+. The first-order chi connectivity index (χ1) is 13.3. The summed E-state index contributed by atoms with van der Waals surface area (Å²) in [7, 11) is 2.03. The van der Waals surface area contributed by atoms with Gasteiger partial charge in [-0.25, -0.2) is 0 Å². The van der Waals surface area contributed by atoms with E-state index in [-0.39, 0.29) is 6.04 Å². The lowest BCUT2D eigenvalue weighted by Crippen LogP contribution is -2.23. The Hall–Kier alpha value is -2.91. The first-order valence-corrected chi connectivity index (χ1v) is 9.58. The van der Waals surface area contributed by atoms with E-state index in [1.807, 2.05) is 13.3 Å². The van der Waals surface area contributed by atoms with E-state index in [2.05, 4.69) is 84.0 Å². The normalized spacial score (nSPS) is 20.0. The second-order valence-electron chi connectivity index (χ2n) is 7.43. The Morgan fingerprint density at radius 2 is 1.74 bits per heavy atom. The van der Waals surface area contributed by atoms with Crippen molar-refractivity contribution < 1.29 is 0 Å². The van der Waals surface area contributed by atoms with Gasteiger partial charge in [0.05, 0.1) is 24.0 Å². The summed E-state index contributed by atoms with van der Waals surface area (Å²) in [5, 5.41) is 10.4. The SMILES string of the molecule is CNC1c2ccccc2-c2cc(/C=N/N3c4ccccc4CC3C)ccc21. The summed E-state index contributed by atoms with van der Waals surface area (Å²) in [5.41, 5.74) is 9.06. The van der Waals surface area contributed by atoms with Gasteiger partial charge >= 0.3 is 0 Å². The Bertz CT molecular complexity index is 1040. The van der Waals surface area contributed by atoms with E-state index in [1.54, 1.807) is 0 Å². The Morgan fingerprint density at radius 3 is 2.63 bits per heavy atom. The molecule has 0 aromatic heterocycles. The molecule has 2 unspecified atom stereocenters. The van der Waals surface area contributed by atoms with Gasteiger partial charge in [-0.1, -0.05) is 54.6 Å². The van der Waals surface area contributed by atoms with Gasteiger partial charge in [-0.2, -0.15) is 5.10 Å². The molecule has 1 aliphatic heterocycles. The molecular weight excluding hydrogens is 330 g/mol. The lowest BCUT2D eigenvalue weighted by atomic mass is 10.0. The lowest BCUT2D eigenvalue weighted by Gasteiger charge is -2.18. The fourth-order valence-corrected chi connectivity index (χ4v) is 4.47. The number of nitrogens with zero attached hydrogens (tertiary/aromatic N) is 2. The highest BCUT2D eigenvalue weighted by atomic mass is 15.5. The number of hydrogen-bond donors (Lipinski definition) is 1. The van der Waals surface area contributed by atoms with Gasteiger partial charge in [0.25, 0.3) is 0 Å². The fraction of sp³-hybridized carbons (Fsp3) is 0.208. The Kier molecular flexibility index (Phi) is 3.83. The molecule has 5 rings (SSSR count). The molecule has 134 valence electrons. The number of benzene rings is 3. The van der Waals surface area contributed by atoms with Crippen molar-refractivity contribution >= 4 is 11.9 Å². The predicted molar refractivity (Wildman–Crippen MR) is 112 cm³/mol. The number of rotatable bonds is 3. The minimum atomic E-state index is 0.271. The zero-order valence-corrected chi connectivity index (χ0v) is 15.7. The van der Waals surface area contributed by atoms with Gasteiger partial charge in [-0.3, -0.25) is 5.01 Å². The van der Waals surface area contributed by atoms with Gasteiger partial charge in [0.2, 0.25) is 0 Å². The quantitative estimate of drug-likeness (QED) is 0.688. The molecule has 3 aromatic rings. The summed E-state index contributed by atoms with van der Waals surface area (Å²) in [4.78, 5) is 0. The summed E-state index contributed by atoms with van der Waals surface area (Å²) in [6.45, 7) is 2.23. The molecule has 1 aliphatic carbocycles. The molecule has 27 heavy (non-hydrogen) atoms. The summed E-state index contributed by atoms with van der Waals surface area (Å²) in [6, 6.07) is 24.5. The Labute approximate surface area is 160 Å². The van der Waals surface area contributed by atoms with Crippen molar-refractivity contribution in [2.45, 2.75) is 25.4 Å². The second kappa shape index (κ2) is 6.36. The van der Waals surface area contributed by atoms with Crippen LogP contribution in [0.4, 0.5) is 5.69 Å². The molecule has 0 radical (unpaired) electrons. The maximum Gasteiger partial charge on any atom is 0.0629 e. The Morgan fingerprint density at radius 1 is 0.963 bits per heavy atom. The fourth-order valence-electron chi connectivity index (χ4n) is 4.47. The van der Waals surface area contributed by atoms with E-state index in [4.69, 9.17) is 5.10 Å². The van der Waals surface area contributed by atoms with Gasteiger partial charge in [-0.15, -0.1) is 0 Å². The van der Waals surface area contributed by atoms with Crippen molar-refractivity contribution in [3.8, 4) is 11.1 Å². The average molecular weight is 353 g/mol. The maximum absolute atomic E-state index is 4.83. The largest absolute Gasteiger partial charge is 0.309 e. The molecule has 1 heterocycles. The summed E-state index contributed by atoms with van der Waals surface area (Å²) >= 11 is 0. The third kappa shape index (κ3) is 2.58. The van der Waals surface area contributed by atoms with Gasteiger partial charge in [0.1, 0.15) is 0 Å². The van der Waals surface area contributed by atoms with Gasteiger partial charge in [-0.05, 0) is 65.9 Å². The zero-order valence-electron chi connectivity index (χ0n) is 15.7. The average Bonchev–Trinajstić information content (AvgIpc) is 3.19. The number of hydrazone groups is 1. The van der Waals surface area contributed by atoms with Crippen LogP contribution in [0.3, 0.4) is 0 Å². The van der Waals surface area contributed by atoms with E-state index in [0.717, 1.165) is 12.0 Å². The minimum absolute atomic E-state index is 0.271. The molecule has 0 saturated heterocycles. The number of hydrogen-bond acceptors (Lipinski definition) is 3. The summed E-state index contributed by atoms with van der Waals surface area (Å²) in [6.07, 6.45) is 3.04. The van der Waals surface area contributed by atoms with Crippen molar-refractivity contribution in [1.82, 2.24) is 5.32 Å². The van der Waals surface area contributed by atoms with Crippen molar-refractivity contribution in [2.75, 3.05) is 12.1 Å². The third-order valence-corrected chi connectivity index (χ3v) is 5.74. The molecular formula is C24H23N3. The van der Waals surface area contributed by atoms with Crippen LogP contribution in [0.2, 0.25) is 0 Å². The van der Waals surface area contributed by atoms with E-state index in [0.29, 0.717) is 6.04 Å². The van der Waals surface area contributed by atoms with E-state index >= 15 is 0 Å². The van der Waals surface area contributed by atoms with Crippen molar-refractivity contribution in [3.63, 3.8) is 0 Å². The highest BCUT2D eigenvalue weighted by Crippen LogP contribution is 2.43. The van der Waals surface area contributed by atoms with Crippen LogP contribution < -0.4 is 10.3 Å². The van der Waals surface area contributed by atoms with Crippen molar-refractivity contribution in [3.05, 3.63) is 89.0 Å². The van der Waals surface area contributed by atoms with Gasteiger partial charge < -0.3 is 5.32 Å². The highest BCUT2D eigenvalue weighted by molar-refractivity contribution is 5.87. The van der Waals surface area contributed by atoms with Crippen LogP contribution in [0.15, 0.2) is 71.8 Å². The molecule has 3 aromatic carbocycles. The molecule has 0 saturated carbocycles. The molecule has 2 atom stereocenters. The number of fused-ring (bicyclic) bond motifs is 4. The second-order valence-corrected chi connectivity index (χ2v) is 7.43. The van der Waals surface area contributed by atoms with E-state index < -0.39 is 0 Å². The van der Waals surface area contributed by atoms with E-state index in [9.17, 15) is 0 Å². The number of anilines is 1. The maximum atomic E-state index is 4.83. The van der Waals surface area contributed by atoms with Crippen LogP contribution in [-0.2, 0) is 6.42 Å². The topological polar surface area (TPSA) is 27.6 Å². The summed E-state index contributed by atoms with van der Waals surface area (Å²) in [5.74, 6) is 0. The minimum Gasteiger partial charge on any atom is -0.309 e. The monoisotopic (exact) mass is 353 g/mol. The summed E-state index contributed by atoms with van der Waals surface area (Å²) < 4.78 is 0. The Balaban J connectivity index is 1.50. The molecule has 1 N–H and O–H groups in total. The number of nitrogens with one attached hydrogen (secondary N) is 1. The zero-order chi connectivity index (χ0) is 18.4. The molecule has 3 nitrogen and oxygen atoms in total. The van der Waals surface area contributed by atoms with Gasteiger partial charge in [0, 0.05) is 0 Å². The van der Waals surface area contributed by atoms with Crippen molar-refractivity contribution in [2.24, 2.45) is 5.10 Å². The van der Waals surface area contributed by atoms with E-state index in [1.165, 1.54) is 33.5 Å². The molecule has 0 spiro atoms. The molecule has 0 bridgehead atoms. The molecule has 0 fully saturated rings. The lowest BCUT2D eigenvalue weighted by molar-refractivity contribution is 0.700. The molecule has 3 heteroatoms. The number of para-hydroxylation sites is 1. The third-order valence-electron chi connectivity index (χ3n) is 5.74.